The molecule has 2 aromatic rings. The van der Waals surface area contributed by atoms with Crippen LogP contribution in [0.15, 0.2) is 54.6 Å². The van der Waals surface area contributed by atoms with E-state index in [1.54, 1.807) is 18.2 Å². The van der Waals surface area contributed by atoms with Crippen molar-refractivity contribution in [3.63, 3.8) is 0 Å². The van der Waals surface area contributed by atoms with Gasteiger partial charge in [-0.2, -0.15) is 0 Å². The van der Waals surface area contributed by atoms with Gasteiger partial charge in [-0.05, 0) is 24.5 Å². The topological polar surface area (TPSA) is 49.3 Å². The number of carboxylic acids is 1. The molecule has 0 saturated heterocycles. The highest BCUT2D eigenvalue weighted by atomic mass is 19.1. The number of rotatable bonds is 8. The molecule has 0 aliphatic carbocycles. The number of carboxylic acid groups (broad SMARTS) is 1. The van der Waals surface area contributed by atoms with Gasteiger partial charge in [0.1, 0.15) is 5.82 Å². The Kier molecular flexibility index (Phi) is 6.10. The van der Waals surface area contributed by atoms with Crippen molar-refractivity contribution in [2.24, 2.45) is 0 Å². The summed E-state index contributed by atoms with van der Waals surface area (Å²) < 4.78 is 13.6. The summed E-state index contributed by atoms with van der Waals surface area (Å²) in [5, 5.41) is 12.1. The first-order valence-corrected chi connectivity index (χ1v) is 7.37. The fraction of sp³-hybridized carbons (Fsp3) is 0.278. The second-order valence-electron chi connectivity index (χ2n) is 5.29. The highest BCUT2D eigenvalue weighted by Gasteiger charge is 2.12. The Bertz CT molecular complexity index is 601. The molecule has 0 aliphatic heterocycles. The summed E-state index contributed by atoms with van der Waals surface area (Å²) in [5.41, 5.74) is 1.73. The van der Waals surface area contributed by atoms with Crippen LogP contribution in [0.25, 0.3) is 0 Å². The summed E-state index contributed by atoms with van der Waals surface area (Å²) in [6.45, 7) is 0.393. The fourth-order valence-corrected chi connectivity index (χ4v) is 2.37. The summed E-state index contributed by atoms with van der Waals surface area (Å²) in [5.74, 6) is -1.06. The van der Waals surface area contributed by atoms with E-state index in [1.165, 1.54) is 6.07 Å². The largest absolute Gasteiger partial charge is 0.481 e. The third-order valence-electron chi connectivity index (χ3n) is 3.57. The summed E-state index contributed by atoms with van der Waals surface area (Å²) >= 11 is 0. The predicted octanol–water partition coefficient (Wildman–Crippen LogP) is 3.39. The van der Waals surface area contributed by atoms with Crippen LogP contribution in [-0.2, 0) is 17.8 Å². The van der Waals surface area contributed by atoms with Gasteiger partial charge >= 0.3 is 5.97 Å². The van der Waals surface area contributed by atoms with Gasteiger partial charge in [0.05, 0.1) is 0 Å². The minimum atomic E-state index is -0.814. The van der Waals surface area contributed by atoms with Crippen molar-refractivity contribution in [3.8, 4) is 0 Å². The molecule has 0 aromatic heterocycles. The van der Waals surface area contributed by atoms with E-state index in [-0.39, 0.29) is 18.3 Å². The van der Waals surface area contributed by atoms with Gasteiger partial charge in [-0.25, -0.2) is 4.39 Å². The molecule has 2 N–H and O–H groups in total. The van der Waals surface area contributed by atoms with Crippen molar-refractivity contribution in [1.29, 1.82) is 0 Å². The molecule has 22 heavy (non-hydrogen) atoms. The van der Waals surface area contributed by atoms with E-state index < -0.39 is 5.97 Å². The molecule has 0 saturated carbocycles. The molecule has 116 valence electrons. The van der Waals surface area contributed by atoms with Crippen molar-refractivity contribution >= 4 is 5.97 Å². The molecule has 0 heterocycles. The molecule has 1 atom stereocenters. The van der Waals surface area contributed by atoms with E-state index in [4.69, 9.17) is 5.11 Å². The van der Waals surface area contributed by atoms with Crippen molar-refractivity contribution in [2.75, 3.05) is 0 Å². The molecule has 0 spiro atoms. The first-order valence-electron chi connectivity index (χ1n) is 7.37. The number of aliphatic carboxylic acids is 1. The standard InChI is InChI=1S/C18H20FNO2/c19-17-9-5-4-8-15(17)13-20-16(10-11-18(21)22)12-14-6-2-1-3-7-14/h1-9,16,20H,10-13H2,(H,21,22). The average Bonchev–Trinajstić information content (AvgIpc) is 2.52. The molecule has 0 bridgehead atoms. The fourth-order valence-electron chi connectivity index (χ4n) is 2.37. The maximum atomic E-state index is 13.6. The second-order valence-corrected chi connectivity index (χ2v) is 5.29. The lowest BCUT2D eigenvalue weighted by atomic mass is 10.0. The van der Waals surface area contributed by atoms with E-state index in [0.717, 1.165) is 12.0 Å². The van der Waals surface area contributed by atoms with E-state index in [9.17, 15) is 9.18 Å². The van der Waals surface area contributed by atoms with Gasteiger partial charge in [-0.15, -0.1) is 0 Å². The zero-order valence-corrected chi connectivity index (χ0v) is 12.3. The molecule has 2 aromatic carbocycles. The highest BCUT2D eigenvalue weighted by Crippen LogP contribution is 2.11. The predicted molar refractivity (Wildman–Crippen MR) is 84.0 cm³/mol. The van der Waals surface area contributed by atoms with Gasteiger partial charge in [0.2, 0.25) is 0 Å². The van der Waals surface area contributed by atoms with Gasteiger partial charge in [0.15, 0.2) is 0 Å². The zero-order valence-electron chi connectivity index (χ0n) is 12.3. The summed E-state index contributed by atoms with van der Waals surface area (Å²) in [7, 11) is 0. The van der Waals surface area contributed by atoms with Crippen LogP contribution in [-0.4, -0.2) is 17.1 Å². The monoisotopic (exact) mass is 301 g/mol. The second kappa shape index (κ2) is 8.29. The molecule has 0 radical (unpaired) electrons. The average molecular weight is 301 g/mol. The number of nitrogens with one attached hydrogen (secondary N) is 1. The Morgan fingerprint density at radius 1 is 1.09 bits per heavy atom. The number of halogens is 1. The molecule has 0 aliphatic rings. The Labute approximate surface area is 129 Å². The van der Waals surface area contributed by atoms with Crippen LogP contribution in [0.4, 0.5) is 4.39 Å². The van der Waals surface area contributed by atoms with Crippen molar-refractivity contribution < 1.29 is 14.3 Å². The van der Waals surface area contributed by atoms with Crippen LogP contribution in [0.2, 0.25) is 0 Å². The van der Waals surface area contributed by atoms with Gasteiger partial charge < -0.3 is 10.4 Å². The molecular weight excluding hydrogens is 281 g/mol. The molecule has 4 heteroatoms. The van der Waals surface area contributed by atoms with E-state index >= 15 is 0 Å². The first-order chi connectivity index (χ1) is 10.6. The first kappa shape index (κ1) is 16.2. The van der Waals surface area contributed by atoms with Crippen LogP contribution in [0.1, 0.15) is 24.0 Å². The third-order valence-corrected chi connectivity index (χ3v) is 3.57. The van der Waals surface area contributed by atoms with Crippen molar-refractivity contribution in [2.45, 2.75) is 31.8 Å². The molecule has 1 unspecified atom stereocenters. The number of carbonyl (C=O) groups is 1. The highest BCUT2D eigenvalue weighted by molar-refractivity contribution is 5.66. The molecule has 0 fully saturated rings. The van der Waals surface area contributed by atoms with Crippen LogP contribution in [0, 0.1) is 5.82 Å². The van der Waals surface area contributed by atoms with Gasteiger partial charge in [-0.3, -0.25) is 4.79 Å². The summed E-state index contributed by atoms with van der Waals surface area (Å²) in [4.78, 5) is 10.8. The molecule has 2 rings (SSSR count). The summed E-state index contributed by atoms with van der Waals surface area (Å²) in [6, 6.07) is 16.5. The zero-order chi connectivity index (χ0) is 15.8. The Morgan fingerprint density at radius 2 is 1.77 bits per heavy atom. The van der Waals surface area contributed by atoms with Crippen LogP contribution >= 0.6 is 0 Å². The smallest absolute Gasteiger partial charge is 0.303 e. The normalized spacial score (nSPS) is 12.0. The van der Waals surface area contributed by atoms with E-state index in [2.05, 4.69) is 5.32 Å². The van der Waals surface area contributed by atoms with Crippen LogP contribution < -0.4 is 5.32 Å². The lowest BCUT2D eigenvalue weighted by molar-refractivity contribution is -0.137. The number of benzene rings is 2. The minimum absolute atomic E-state index is 0.00175. The Morgan fingerprint density at radius 3 is 2.45 bits per heavy atom. The molecular formula is C18H20FNO2. The van der Waals surface area contributed by atoms with E-state index in [1.807, 2.05) is 30.3 Å². The van der Waals surface area contributed by atoms with Crippen molar-refractivity contribution in [1.82, 2.24) is 5.32 Å². The molecule has 3 nitrogen and oxygen atoms in total. The van der Waals surface area contributed by atoms with Crippen LogP contribution in [0.3, 0.4) is 0 Å². The van der Waals surface area contributed by atoms with Crippen molar-refractivity contribution in [3.05, 3.63) is 71.5 Å². The lowest BCUT2D eigenvalue weighted by Crippen LogP contribution is -2.31. The number of hydrogen-bond acceptors (Lipinski definition) is 2. The lowest BCUT2D eigenvalue weighted by Gasteiger charge is -2.18. The maximum absolute atomic E-state index is 13.6. The van der Waals surface area contributed by atoms with E-state index in [0.29, 0.717) is 18.5 Å². The third kappa shape index (κ3) is 5.30. The SMILES string of the molecule is O=C(O)CCC(Cc1ccccc1)NCc1ccccc1F. The minimum Gasteiger partial charge on any atom is -0.481 e. The Hall–Kier alpha value is -2.20. The van der Waals surface area contributed by atoms with Gasteiger partial charge in [-0.1, -0.05) is 48.5 Å². The van der Waals surface area contributed by atoms with Gasteiger partial charge in [0.25, 0.3) is 0 Å². The quantitative estimate of drug-likeness (QED) is 0.786. The Balaban J connectivity index is 1.98. The van der Waals surface area contributed by atoms with Gasteiger partial charge in [0, 0.05) is 24.6 Å². The number of hydrogen-bond donors (Lipinski definition) is 2. The molecule has 0 amide bonds. The maximum Gasteiger partial charge on any atom is 0.303 e. The summed E-state index contributed by atoms with van der Waals surface area (Å²) in [6.07, 6.45) is 1.34. The van der Waals surface area contributed by atoms with Crippen LogP contribution in [0.5, 0.6) is 0 Å².